The van der Waals surface area contributed by atoms with Crippen molar-refractivity contribution in [2.45, 2.75) is 69.4 Å². The number of aliphatic hydroxyl groups is 3. The van der Waals surface area contributed by atoms with E-state index < -0.39 is 35.5 Å². The quantitative estimate of drug-likeness (QED) is 0.619. The van der Waals surface area contributed by atoms with Gasteiger partial charge in [0.2, 0.25) is 5.79 Å². The molecule has 3 aliphatic rings. The van der Waals surface area contributed by atoms with Crippen molar-refractivity contribution >= 4 is 0 Å². The fourth-order valence-electron chi connectivity index (χ4n) is 2.85. The van der Waals surface area contributed by atoms with Gasteiger partial charge in [-0.25, -0.2) is 0 Å². The number of hydrogen-bond acceptors (Lipinski definition) is 6. The monoisotopic (exact) mass is 276 g/mol. The molecule has 0 amide bonds. The van der Waals surface area contributed by atoms with Crippen LogP contribution in [0.3, 0.4) is 0 Å². The third-order valence-electron chi connectivity index (χ3n) is 4.74. The van der Waals surface area contributed by atoms with Gasteiger partial charge in [-0.05, 0) is 27.2 Å². The zero-order valence-corrected chi connectivity index (χ0v) is 12.0. The molecule has 19 heavy (non-hydrogen) atoms. The summed E-state index contributed by atoms with van der Waals surface area (Å²) >= 11 is 0. The van der Waals surface area contributed by atoms with Crippen molar-refractivity contribution in [1.82, 2.24) is 0 Å². The fourth-order valence-corrected chi connectivity index (χ4v) is 2.85. The van der Waals surface area contributed by atoms with Gasteiger partial charge in [0, 0.05) is 6.61 Å². The Balaban J connectivity index is 2.22. The van der Waals surface area contributed by atoms with Crippen molar-refractivity contribution in [2.24, 2.45) is 0 Å². The van der Waals surface area contributed by atoms with Crippen molar-refractivity contribution in [3.63, 3.8) is 0 Å². The Morgan fingerprint density at radius 2 is 1.84 bits per heavy atom. The van der Waals surface area contributed by atoms with Gasteiger partial charge in [-0.2, -0.15) is 0 Å². The molecular weight excluding hydrogens is 252 g/mol. The largest absolute Gasteiger partial charge is 0.391 e. The van der Waals surface area contributed by atoms with Crippen LogP contribution in [0.15, 0.2) is 0 Å². The van der Waals surface area contributed by atoms with Gasteiger partial charge in [0.1, 0.15) is 23.4 Å². The highest BCUT2D eigenvalue weighted by atomic mass is 16.8. The van der Waals surface area contributed by atoms with Crippen LogP contribution in [0.4, 0.5) is 0 Å². The van der Waals surface area contributed by atoms with E-state index in [0.29, 0.717) is 6.61 Å². The third kappa shape index (κ3) is 1.65. The lowest BCUT2D eigenvalue weighted by atomic mass is 9.61. The Hall–Kier alpha value is -0.240. The van der Waals surface area contributed by atoms with Crippen molar-refractivity contribution in [2.75, 3.05) is 13.2 Å². The van der Waals surface area contributed by atoms with E-state index in [9.17, 15) is 15.3 Å². The summed E-state index contributed by atoms with van der Waals surface area (Å²) in [5, 5.41) is 30.6. The van der Waals surface area contributed by atoms with E-state index in [0.717, 1.165) is 12.8 Å². The molecule has 3 N–H and O–H groups in total. The Morgan fingerprint density at radius 3 is 2.32 bits per heavy atom. The molecule has 6 nitrogen and oxygen atoms in total. The van der Waals surface area contributed by atoms with E-state index in [2.05, 4.69) is 0 Å². The second-order valence-corrected chi connectivity index (χ2v) is 5.94. The number of fused-ring (bicyclic) bond motifs is 2. The zero-order chi connectivity index (χ0) is 14.5. The van der Waals surface area contributed by atoms with Gasteiger partial charge in [-0.15, -0.1) is 0 Å². The van der Waals surface area contributed by atoms with Crippen molar-refractivity contribution < 1.29 is 29.5 Å². The Labute approximate surface area is 113 Å². The van der Waals surface area contributed by atoms with E-state index in [4.69, 9.17) is 14.2 Å². The molecule has 2 bridgehead atoms. The van der Waals surface area contributed by atoms with Crippen molar-refractivity contribution in [1.29, 1.82) is 0 Å². The smallest absolute Gasteiger partial charge is 0.227 e. The molecule has 0 aromatic rings. The van der Waals surface area contributed by atoms with Crippen LogP contribution in [0, 0.1) is 0 Å². The van der Waals surface area contributed by atoms with Gasteiger partial charge in [-0.3, -0.25) is 0 Å². The van der Waals surface area contributed by atoms with Crippen molar-refractivity contribution in [3.05, 3.63) is 0 Å². The summed E-state index contributed by atoms with van der Waals surface area (Å²) in [5.41, 5.74) is -4.26. The minimum Gasteiger partial charge on any atom is -0.391 e. The maximum atomic E-state index is 10.6. The summed E-state index contributed by atoms with van der Waals surface area (Å²) < 4.78 is 16.6. The first-order chi connectivity index (χ1) is 8.68. The van der Waals surface area contributed by atoms with Crippen LogP contribution in [-0.4, -0.2) is 57.4 Å². The second-order valence-electron chi connectivity index (χ2n) is 5.94. The number of rotatable bonds is 5. The van der Waals surface area contributed by atoms with Crippen LogP contribution in [0.5, 0.6) is 0 Å². The van der Waals surface area contributed by atoms with Gasteiger partial charge in [0.05, 0.1) is 0 Å². The van der Waals surface area contributed by atoms with E-state index in [-0.39, 0.29) is 0 Å². The van der Waals surface area contributed by atoms with Crippen LogP contribution < -0.4 is 0 Å². The number of ether oxygens (including phenoxy) is 3. The SMILES string of the molecule is CCCCO[C@@H]1OC2(CO)OC(C)([C@@]2(C)O)[C@@]1(C)O. The lowest BCUT2D eigenvalue weighted by molar-refractivity contribution is -0.581. The minimum absolute atomic E-state index is 0.442. The molecule has 0 aromatic carbocycles. The summed E-state index contributed by atoms with van der Waals surface area (Å²) in [6.07, 6.45) is 0.867. The predicted molar refractivity (Wildman–Crippen MR) is 66.3 cm³/mol. The summed E-state index contributed by atoms with van der Waals surface area (Å²) in [6.45, 7) is 6.57. The van der Waals surface area contributed by atoms with Crippen LogP contribution in [0.2, 0.25) is 0 Å². The first-order valence-electron chi connectivity index (χ1n) is 6.74. The van der Waals surface area contributed by atoms with Crippen molar-refractivity contribution in [3.8, 4) is 0 Å². The minimum atomic E-state index is -1.53. The van der Waals surface area contributed by atoms with Crippen LogP contribution in [0.25, 0.3) is 0 Å². The molecule has 6 heteroatoms. The summed E-state index contributed by atoms with van der Waals surface area (Å²) in [7, 11) is 0. The van der Waals surface area contributed by atoms with Gasteiger partial charge < -0.3 is 29.5 Å². The normalized spacial score (nSPS) is 52.9. The summed E-state index contributed by atoms with van der Waals surface area (Å²) in [5.74, 6) is -1.53. The molecule has 3 rings (SSSR count). The molecular formula is C13H24O6. The molecule has 0 aromatic heterocycles. The summed E-state index contributed by atoms with van der Waals surface area (Å²) in [4.78, 5) is 0. The Bertz CT molecular complexity index is 355. The lowest BCUT2D eigenvalue weighted by Crippen LogP contribution is -2.93. The predicted octanol–water partition coefficient (Wildman–Crippen LogP) is 0.139. The Kier molecular flexibility index (Phi) is 3.49. The molecule has 2 unspecified atom stereocenters. The van der Waals surface area contributed by atoms with Gasteiger partial charge in [0.15, 0.2) is 6.29 Å². The van der Waals surface area contributed by atoms with Crippen LogP contribution in [0.1, 0.15) is 40.5 Å². The Morgan fingerprint density at radius 1 is 1.21 bits per heavy atom. The van der Waals surface area contributed by atoms with E-state index >= 15 is 0 Å². The number of hydrogen-bond donors (Lipinski definition) is 3. The molecule has 112 valence electrons. The molecule has 0 spiro atoms. The highest BCUT2D eigenvalue weighted by Crippen LogP contribution is 2.61. The maximum Gasteiger partial charge on any atom is 0.227 e. The summed E-state index contributed by atoms with van der Waals surface area (Å²) in [6, 6.07) is 0. The third-order valence-corrected chi connectivity index (χ3v) is 4.74. The average molecular weight is 276 g/mol. The van der Waals surface area contributed by atoms with E-state index in [1.54, 1.807) is 6.92 Å². The highest BCUT2D eigenvalue weighted by Gasteiger charge is 2.83. The molecule has 0 saturated carbocycles. The maximum absolute atomic E-state index is 10.6. The first kappa shape index (κ1) is 15.2. The first-order valence-corrected chi connectivity index (χ1v) is 6.74. The van der Waals surface area contributed by atoms with Gasteiger partial charge in [0.25, 0.3) is 0 Å². The highest BCUT2D eigenvalue weighted by molar-refractivity contribution is 5.25. The lowest BCUT2D eigenvalue weighted by Gasteiger charge is -2.72. The molecule has 0 aliphatic carbocycles. The molecule has 0 radical (unpaired) electrons. The number of unbranched alkanes of at least 4 members (excludes halogenated alkanes) is 1. The fraction of sp³-hybridized carbons (Fsp3) is 1.00. The molecule has 3 fully saturated rings. The molecule has 5 atom stereocenters. The van der Waals surface area contributed by atoms with Gasteiger partial charge in [-0.1, -0.05) is 13.3 Å². The van der Waals surface area contributed by atoms with Crippen LogP contribution >= 0.6 is 0 Å². The molecule has 3 aliphatic heterocycles. The topological polar surface area (TPSA) is 88.4 Å². The average Bonchev–Trinajstić information content (AvgIpc) is 2.34. The second kappa shape index (κ2) is 4.38. The standard InChI is InChI=1S/C13H24O6/c1-5-6-7-17-9-10(2,15)12(4)11(3,16)13(8-14,18-9)19-12/h9,14-16H,5-8H2,1-4H3/t9-,10+,11-,12?,13?/m1/s1. The van der Waals surface area contributed by atoms with Gasteiger partial charge >= 0.3 is 0 Å². The van der Waals surface area contributed by atoms with E-state index in [1.807, 2.05) is 6.92 Å². The molecule has 3 heterocycles. The number of aliphatic hydroxyl groups excluding tert-OH is 1. The van der Waals surface area contributed by atoms with Crippen LogP contribution in [-0.2, 0) is 14.2 Å². The molecule has 3 saturated heterocycles. The van der Waals surface area contributed by atoms with E-state index in [1.165, 1.54) is 13.8 Å². The zero-order valence-electron chi connectivity index (χ0n) is 12.0.